The van der Waals surface area contributed by atoms with Gasteiger partial charge in [0.05, 0.1) is 17.3 Å². The third kappa shape index (κ3) is 1.41. The van der Waals surface area contributed by atoms with Crippen LogP contribution in [0.4, 0.5) is 5.69 Å². The number of aromatic nitrogens is 1. The Hall–Kier alpha value is -1.71. The van der Waals surface area contributed by atoms with Gasteiger partial charge in [0.15, 0.2) is 0 Å². The number of carbonyl (C=O) groups excluding carboxylic acids is 1. The molecule has 1 saturated carbocycles. The van der Waals surface area contributed by atoms with E-state index >= 15 is 0 Å². The van der Waals surface area contributed by atoms with Crippen molar-refractivity contribution in [3.8, 4) is 0 Å². The van der Waals surface area contributed by atoms with Crippen molar-refractivity contribution in [2.45, 2.75) is 25.7 Å². The fourth-order valence-electron chi connectivity index (χ4n) is 2.38. The summed E-state index contributed by atoms with van der Waals surface area (Å²) in [6, 6.07) is 3.64. The second-order valence-electron chi connectivity index (χ2n) is 4.25. The number of anilines is 1. The summed E-state index contributed by atoms with van der Waals surface area (Å²) in [6.45, 7) is 0. The zero-order valence-electron chi connectivity index (χ0n) is 8.97. The Kier molecular flexibility index (Phi) is 2.20. The Morgan fingerprint density at radius 1 is 1.25 bits per heavy atom. The van der Waals surface area contributed by atoms with Gasteiger partial charge in [-0.25, -0.2) is 5.01 Å². The molecule has 0 radical (unpaired) electrons. The van der Waals surface area contributed by atoms with Crippen molar-refractivity contribution in [2.75, 3.05) is 5.01 Å². The van der Waals surface area contributed by atoms with E-state index in [4.69, 9.17) is 0 Å². The predicted octanol–water partition coefficient (Wildman–Crippen LogP) is 1.97. The van der Waals surface area contributed by atoms with E-state index in [0.717, 1.165) is 37.1 Å². The normalized spacial score (nSPS) is 24.2. The molecule has 4 heteroatoms. The lowest BCUT2D eigenvalue weighted by Crippen LogP contribution is -2.28. The molecule has 4 nitrogen and oxygen atoms in total. The van der Waals surface area contributed by atoms with Crippen LogP contribution in [0.1, 0.15) is 25.7 Å². The Bertz CT molecular complexity index is 441. The second-order valence-corrected chi connectivity index (χ2v) is 4.25. The van der Waals surface area contributed by atoms with Crippen LogP contribution in [0.15, 0.2) is 29.6 Å². The largest absolute Gasteiger partial charge is 0.272 e. The van der Waals surface area contributed by atoms with Crippen LogP contribution in [0.3, 0.4) is 0 Å². The highest BCUT2D eigenvalue weighted by Gasteiger charge is 2.37. The van der Waals surface area contributed by atoms with Gasteiger partial charge < -0.3 is 0 Å². The number of nitrogens with zero attached hydrogens (tertiary/aromatic N) is 3. The maximum absolute atomic E-state index is 12.1. The van der Waals surface area contributed by atoms with Crippen LogP contribution in [0, 0.1) is 5.92 Å². The van der Waals surface area contributed by atoms with Gasteiger partial charge in [-0.2, -0.15) is 5.10 Å². The van der Waals surface area contributed by atoms with Crippen molar-refractivity contribution in [1.82, 2.24) is 4.98 Å². The number of hydrogen-bond acceptors (Lipinski definition) is 3. The van der Waals surface area contributed by atoms with Gasteiger partial charge in [0.2, 0.25) is 0 Å². The van der Waals surface area contributed by atoms with E-state index in [1.165, 1.54) is 5.01 Å². The monoisotopic (exact) mass is 215 g/mol. The van der Waals surface area contributed by atoms with Gasteiger partial charge in [0.25, 0.3) is 5.91 Å². The molecular weight excluding hydrogens is 202 g/mol. The molecule has 1 aromatic heterocycles. The highest BCUT2D eigenvalue weighted by molar-refractivity contribution is 6.15. The van der Waals surface area contributed by atoms with Gasteiger partial charge >= 0.3 is 0 Å². The third-order valence-electron chi connectivity index (χ3n) is 3.22. The average molecular weight is 215 g/mol. The summed E-state index contributed by atoms with van der Waals surface area (Å²) < 4.78 is 0. The van der Waals surface area contributed by atoms with Gasteiger partial charge in [-0.15, -0.1) is 0 Å². The minimum atomic E-state index is 0.0434. The maximum atomic E-state index is 12.1. The second kappa shape index (κ2) is 3.70. The SMILES string of the molecule is O=C1C2CCCCC2=NN1c1ccncc1. The van der Waals surface area contributed by atoms with E-state index in [0.29, 0.717) is 0 Å². The Balaban J connectivity index is 1.93. The van der Waals surface area contributed by atoms with Gasteiger partial charge in [-0.3, -0.25) is 9.78 Å². The van der Waals surface area contributed by atoms with E-state index in [-0.39, 0.29) is 11.8 Å². The molecule has 2 heterocycles. The van der Waals surface area contributed by atoms with Crippen LogP contribution in [0.2, 0.25) is 0 Å². The van der Waals surface area contributed by atoms with Crippen LogP contribution >= 0.6 is 0 Å². The van der Waals surface area contributed by atoms with E-state index in [2.05, 4.69) is 10.1 Å². The lowest BCUT2D eigenvalue weighted by molar-refractivity contribution is -0.120. The highest BCUT2D eigenvalue weighted by Crippen LogP contribution is 2.31. The molecule has 1 aromatic rings. The first-order valence-corrected chi connectivity index (χ1v) is 5.67. The number of hydrogen-bond donors (Lipinski definition) is 0. The summed E-state index contributed by atoms with van der Waals surface area (Å²) in [5.74, 6) is 0.169. The predicted molar refractivity (Wildman–Crippen MR) is 61.1 cm³/mol. The van der Waals surface area contributed by atoms with Crippen LogP contribution in [-0.2, 0) is 4.79 Å². The number of amides is 1. The number of fused-ring (bicyclic) bond motifs is 1. The van der Waals surface area contributed by atoms with Crippen LogP contribution in [0.25, 0.3) is 0 Å². The van der Waals surface area contributed by atoms with Gasteiger partial charge in [-0.05, 0) is 31.4 Å². The summed E-state index contributed by atoms with van der Waals surface area (Å²) in [5.41, 5.74) is 1.88. The molecule has 1 aliphatic heterocycles. The average Bonchev–Trinajstić information content (AvgIpc) is 2.69. The maximum Gasteiger partial charge on any atom is 0.256 e. The first-order valence-electron chi connectivity index (χ1n) is 5.67. The summed E-state index contributed by atoms with van der Waals surface area (Å²) >= 11 is 0. The summed E-state index contributed by atoms with van der Waals surface area (Å²) in [5, 5.41) is 5.97. The lowest BCUT2D eigenvalue weighted by Gasteiger charge is -2.16. The van der Waals surface area contributed by atoms with E-state index in [1.54, 1.807) is 12.4 Å². The van der Waals surface area contributed by atoms with Crippen LogP contribution < -0.4 is 5.01 Å². The fraction of sp³-hybridized carbons (Fsp3) is 0.417. The molecule has 0 N–H and O–H groups in total. The molecular formula is C12H13N3O. The topological polar surface area (TPSA) is 45.6 Å². The molecule has 1 amide bonds. The zero-order valence-corrected chi connectivity index (χ0v) is 8.97. The Labute approximate surface area is 94.0 Å². The van der Waals surface area contributed by atoms with Gasteiger partial charge in [0.1, 0.15) is 0 Å². The number of rotatable bonds is 1. The number of hydrazone groups is 1. The third-order valence-corrected chi connectivity index (χ3v) is 3.22. The molecule has 3 rings (SSSR count). The molecule has 1 atom stereocenters. The molecule has 0 spiro atoms. The van der Waals surface area contributed by atoms with E-state index < -0.39 is 0 Å². The molecule has 0 aromatic carbocycles. The van der Waals surface area contributed by atoms with E-state index in [1.807, 2.05) is 12.1 Å². The Morgan fingerprint density at radius 3 is 2.81 bits per heavy atom. The molecule has 1 fully saturated rings. The van der Waals surface area contributed by atoms with Gasteiger partial charge in [0, 0.05) is 12.4 Å². The molecule has 2 aliphatic rings. The number of carbonyl (C=O) groups is 1. The minimum absolute atomic E-state index is 0.0434. The van der Waals surface area contributed by atoms with Crippen molar-refractivity contribution in [3.63, 3.8) is 0 Å². The quantitative estimate of drug-likeness (QED) is 0.719. The molecule has 1 unspecified atom stereocenters. The highest BCUT2D eigenvalue weighted by atomic mass is 16.2. The summed E-state index contributed by atoms with van der Waals surface area (Å²) in [7, 11) is 0. The lowest BCUT2D eigenvalue weighted by atomic mass is 9.87. The van der Waals surface area contributed by atoms with Crippen LogP contribution in [0.5, 0.6) is 0 Å². The molecule has 16 heavy (non-hydrogen) atoms. The standard InChI is InChI=1S/C12H13N3O/c16-12-10-3-1-2-4-11(10)14-15(12)9-5-7-13-8-6-9/h5-8,10H,1-4H2. The number of pyridine rings is 1. The van der Waals surface area contributed by atoms with Crippen molar-refractivity contribution in [3.05, 3.63) is 24.5 Å². The molecule has 0 saturated heterocycles. The van der Waals surface area contributed by atoms with E-state index in [9.17, 15) is 4.79 Å². The fourth-order valence-corrected chi connectivity index (χ4v) is 2.38. The van der Waals surface area contributed by atoms with Crippen molar-refractivity contribution in [1.29, 1.82) is 0 Å². The zero-order chi connectivity index (χ0) is 11.0. The molecule has 1 aliphatic carbocycles. The van der Waals surface area contributed by atoms with Crippen molar-refractivity contribution >= 4 is 17.3 Å². The Morgan fingerprint density at radius 2 is 2.06 bits per heavy atom. The van der Waals surface area contributed by atoms with Gasteiger partial charge in [-0.1, -0.05) is 6.42 Å². The minimum Gasteiger partial charge on any atom is -0.272 e. The summed E-state index contributed by atoms with van der Waals surface area (Å²) in [4.78, 5) is 16.1. The van der Waals surface area contributed by atoms with Crippen molar-refractivity contribution in [2.24, 2.45) is 11.0 Å². The smallest absolute Gasteiger partial charge is 0.256 e. The van der Waals surface area contributed by atoms with Crippen molar-refractivity contribution < 1.29 is 4.79 Å². The first-order chi connectivity index (χ1) is 7.86. The molecule has 0 bridgehead atoms. The first kappa shape index (κ1) is 9.51. The van der Waals surface area contributed by atoms with Crippen LogP contribution in [-0.4, -0.2) is 16.6 Å². The molecule has 82 valence electrons. The summed E-state index contributed by atoms with van der Waals surface area (Å²) in [6.07, 6.45) is 7.60.